The number of carbonyl (C=O) groups is 2. The summed E-state index contributed by atoms with van der Waals surface area (Å²) in [5.74, 6) is 1.60. The van der Waals surface area contributed by atoms with Gasteiger partial charge < -0.3 is 18.9 Å². The number of aryl methyl sites for hydroxylation is 5. The third-order valence-electron chi connectivity index (χ3n) is 6.02. The molecular formula is C30H34O6. The Balaban J connectivity index is 2.07. The van der Waals surface area contributed by atoms with Gasteiger partial charge in [-0.1, -0.05) is 42.0 Å². The Morgan fingerprint density at radius 3 is 1.47 bits per heavy atom. The monoisotopic (exact) mass is 490 g/mol. The molecule has 0 heterocycles. The summed E-state index contributed by atoms with van der Waals surface area (Å²) in [5.41, 5.74) is 8.77. The largest absolute Gasteiger partial charge is 0.513 e. The van der Waals surface area contributed by atoms with E-state index >= 15 is 0 Å². The third-order valence-corrected chi connectivity index (χ3v) is 6.02. The van der Waals surface area contributed by atoms with E-state index in [1.807, 2.05) is 58.9 Å². The normalized spacial score (nSPS) is 10.7. The van der Waals surface area contributed by atoms with Crippen LogP contribution in [0.25, 0.3) is 0 Å². The lowest BCUT2D eigenvalue weighted by atomic mass is 9.93. The van der Waals surface area contributed by atoms with Crippen LogP contribution in [-0.2, 0) is 22.4 Å². The van der Waals surface area contributed by atoms with E-state index in [1.54, 1.807) is 7.11 Å². The van der Waals surface area contributed by atoms with E-state index in [0.717, 1.165) is 55.8 Å². The van der Waals surface area contributed by atoms with Crippen LogP contribution < -0.4 is 14.2 Å². The van der Waals surface area contributed by atoms with Gasteiger partial charge in [-0.25, -0.2) is 4.79 Å². The number of methoxy groups -OCH3 is 2. The lowest BCUT2D eigenvalue weighted by Crippen LogP contribution is -2.12. The average molecular weight is 491 g/mol. The second kappa shape index (κ2) is 11.3. The molecule has 6 heteroatoms. The molecule has 0 aromatic heterocycles. The van der Waals surface area contributed by atoms with Gasteiger partial charge in [0.05, 0.1) is 14.2 Å². The van der Waals surface area contributed by atoms with Gasteiger partial charge in [-0.3, -0.25) is 4.79 Å². The van der Waals surface area contributed by atoms with Crippen molar-refractivity contribution >= 4 is 12.1 Å². The Kier molecular flexibility index (Phi) is 8.41. The molecule has 0 aliphatic rings. The van der Waals surface area contributed by atoms with Gasteiger partial charge in [0.1, 0.15) is 17.2 Å². The summed E-state index contributed by atoms with van der Waals surface area (Å²) in [6.45, 7) is 11.3. The van der Waals surface area contributed by atoms with E-state index in [1.165, 1.54) is 14.0 Å². The van der Waals surface area contributed by atoms with Crippen LogP contribution in [0.1, 0.15) is 57.0 Å². The van der Waals surface area contributed by atoms with E-state index in [2.05, 4.69) is 12.1 Å². The summed E-state index contributed by atoms with van der Waals surface area (Å²) < 4.78 is 21.4. The maximum Gasteiger partial charge on any atom is 0.513 e. The molecule has 0 fully saturated rings. The van der Waals surface area contributed by atoms with Crippen molar-refractivity contribution in [1.29, 1.82) is 0 Å². The zero-order valence-electron chi connectivity index (χ0n) is 22.3. The van der Waals surface area contributed by atoms with Crippen molar-refractivity contribution in [3.05, 3.63) is 86.5 Å². The zero-order valence-corrected chi connectivity index (χ0v) is 22.3. The molecular weight excluding hydrogens is 456 g/mol. The fraction of sp³-hybridized carbons (Fsp3) is 0.333. The Hall–Kier alpha value is -3.80. The van der Waals surface area contributed by atoms with E-state index in [0.29, 0.717) is 24.3 Å². The minimum Gasteiger partial charge on any atom is -0.496 e. The fourth-order valence-electron chi connectivity index (χ4n) is 4.80. The predicted molar refractivity (Wildman–Crippen MR) is 140 cm³/mol. The van der Waals surface area contributed by atoms with Crippen LogP contribution in [0, 0.1) is 34.6 Å². The van der Waals surface area contributed by atoms with Crippen molar-refractivity contribution in [1.82, 2.24) is 0 Å². The summed E-state index contributed by atoms with van der Waals surface area (Å²) >= 11 is 0. The van der Waals surface area contributed by atoms with Crippen molar-refractivity contribution < 1.29 is 28.5 Å². The van der Waals surface area contributed by atoms with Crippen molar-refractivity contribution in [2.24, 2.45) is 0 Å². The van der Waals surface area contributed by atoms with Gasteiger partial charge in [0, 0.05) is 19.8 Å². The van der Waals surface area contributed by atoms with Gasteiger partial charge >= 0.3 is 12.1 Å². The number of rotatable bonds is 7. The van der Waals surface area contributed by atoms with Crippen molar-refractivity contribution in [3.8, 4) is 17.2 Å². The first-order valence-corrected chi connectivity index (χ1v) is 11.8. The van der Waals surface area contributed by atoms with E-state index in [-0.39, 0.29) is 5.97 Å². The summed E-state index contributed by atoms with van der Waals surface area (Å²) in [6.07, 6.45) is 0.348. The molecule has 0 unspecified atom stereocenters. The number of ether oxygens (including phenoxy) is 4. The van der Waals surface area contributed by atoms with Gasteiger partial charge in [0.15, 0.2) is 0 Å². The zero-order chi connectivity index (χ0) is 26.6. The molecule has 0 aliphatic carbocycles. The van der Waals surface area contributed by atoms with Crippen molar-refractivity contribution in [3.63, 3.8) is 0 Å². The number of hydrogen-bond acceptors (Lipinski definition) is 6. The SMILES string of the molecule is COC(=O)Oc1c(Cc2cc(C)c(OC)c(C)c2)cc(C)cc1Cc1cc(C)c(OC(C)=O)c(C)c1. The molecule has 0 atom stereocenters. The van der Waals surface area contributed by atoms with Crippen LogP contribution in [0.2, 0.25) is 0 Å². The van der Waals surface area contributed by atoms with Crippen molar-refractivity contribution in [2.45, 2.75) is 54.4 Å². The molecule has 0 spiro atoms. The fourth-order valence-corrected chi connectivity index (χ4v) is 4.80. The first-order chi connectivity index (χ1) is 17.0. The van der Waals surface area contributed by atoms with Crippen LogP contribution in [0.4, 0.5) is 4.79 Å². The quantitative estimate of drug-likeness (QED) is 0.214. The lowest BCUT2D eigenvalue weighted by molar-refractivity contribution is -0.131. The van der Waals surface area contributed by atoms with Crippen molar-refractivity contribution in [2.75, 3.05) is 14.2 Å². The summed E-state index contributed by atoms with van der Waals surface area (Å²) in [7, 11) is 2.97. The first-order valence-electron chi connectivity index (χ1n) is 11.8. The average Bonchev–Trinajstić information content (AvgIpc) is 2.78. The van der Waals surface area contributed by atoms with Gasteiger partial charge in [0.25, 0.3) is 0 Å². The Bertz CT molecular complexity index is 1260. The highest BCUT2D eigenvalue weighted by molar-refractivity contribution is 5.70. The minimum absolute atomic E-state index is 0.352. The van der Waals surface area contributed by atoms with Crippen LogP contribution in [0.5, 0.6) is 17.2 Å². The van der Waals surface area contributed by atoms with E-state index in [9.17, 15) is 9.59 Å². The second-order valence-corrected chi connectivity index (χ2v) is 9.24. The van der Waals surface area contributed by atoms with Crippen LogP contribution >= 0.6 is 0 Å². The highest BCUT2D eigenvalue weighted by atomic mass is 16.7. The predicted octanol–water partition coefficient (Wildman–Crippen LogP) is 6.49. The summed E-state index contributed by atoms with van der Waals surface area (Å²) in [6, 6.07) is 12.2. The first kappa shape index (κ1) is 26.8. The maximum absolute atomic E-state index is 12.2. The summed E-state index contributed by atoms with van der Waals surface area (Å²) in [4.78, 5) is 23.7. The smallest absolute Gasteiger partial charge is 0.496 e. The van der Waals surface area contributed by atoms with Gasteiger partial charge in [-0.15, -0.1) is 0 Å². The third kappa shape index (κ3) is 6.25. The lowest BCUT2D eigenvalue weighted by Gasteiger charge is -2.18. The molecule has 6 nitrogen and oxygen atoms in total. The standard InChI is InChI=1S/C30H34O6/c1-17-9-25(15-23-11-18(2)27(33-7)19(3)12-23)29(36-30(32)34-8)26(10-17)16-24-13-20(4)28(21(5)14-24)35-22(6)31/h9-14H,15-16H2,1-8H3. The topological polar surface area (TPSA) is 71.1 Å². The highest BCUT2D eigenvalue weighted by Crippen LogP contribution is 2.34. The molecule has 3 rings (SSSR count). The molecule has 190 valence electrons. The molecule has 3 aromatic rings. The van der Waals surface area contributed by atoms with Crippen LogP contribution in [-0.4, -0.2) is 26.3 Å². The molecule has 0 bridgehead atoms. The summed E-state index contributed by atoms with van der Waals surface area (Å²) in [5, 5.41) is 0. The molecule has 0 amide bonds. The molecule has 0 N–H and O–H groups in total. The van der Waals surface area contributed by atoms with Gasteiger partial charge in [-0.2, -0.15) is 0 Å². The highest BCUT2D eigenvalue weighted by Gasteiger charge is 2.19. The number of carbonyl (C=O) groups excluding carboxylic acids is 2. The number of hydrogen-bond donors (Lipinski definition) is 0. The van der Waals surface area contributed by atoms with Crippen LogP contribution in [0.15, 0.2) is 36.4 Å². The molecule has 0 saturated carbocycles. The molecule has 3 aromatic carbocycles. The molecule has 0 saturated heterocycles. The van der Waals surface area contributed by atoms with E-state index < -0.39 is 6.16 Å². The molecule has 0 radical (unpaired) electrons. The van der Waals surface area contributed by atoms with Crippen LogP contribution in [0.3, 0.4) is 0 Å². The second-order valence-electron chi connectivity index (χ2n) is 9.24. The Morgan fingerprint density at radius 1 is 0.639 bits per heavy atom. The number of benzene rings is 3. The molecule has 0 aliphatic heterocycles. The van der Waals surface area contributed by atoms with E-state index in [4.69, 9.17) is 18.9 Å². The Morgan fingerprint density at radius 2 is 1.08 bits per heavy atom. The number of esters is 1. The van der Waals surface area contributed by atoms with Gasteiger partial charge in [-0.05, 0) is 79.1 Å². The van der Waals surface area contributed by atoms with Gasteiger partial charge in [0.2, 0.25) is 0 Å². The maximum atomic E-state index is 12.2. The molecule has 36 heavy (non-hydrogen) atoms. The minimum atomic E-state index is -0.763. The Labute approximate surface area is 213 Å².